The molecule has 1 unspecified atom stereocenters. The van der Waals surface area contributed by atoms with E-state index in [0.717, 1.165) is 17.7 Å². The summed E-state index contributed by atoms with van der Waals surface area (Å²) in [5.41, 5.74) is -0.272. The molecule has 0 aliphatic rings. The topological polar surface area (TPSA) is 46.5 Å². The van der Waals surface area contributed by atoms with E-state index in [-0.39, 0.29) is 17.9 Å². The van der Waals surface area contributed by atoms with E-state index in [2.05, 4.69) is 0 Å². The number of rotatable bonds is 6. The third kappa shape index (κ3) is 4.58. The number of benzene rings is 3. The number of halogens is 3. The second-order valence-electron chi connectivity index (χ2n) is 6.16. The molecule has 6 heteroatoms. The van der Waals surface area contributed by atoms with Crippen LogP contribution in [0.4, 0.5) is 13.2 Å². The van der Waals surface area contributed by atoms with Gasteiger partial charge in [0.05, 0.1) is 5.56 Å². The maximum absolute atomic E-state index is 13.5. The predicted octanol–water partition coefficient (Wildman–Crippen LogP) is 5.20. The maximum Gasteiger partial charge on any atom is 0.419 e. The Balaban J connectivity index is 1.87. The van der Waals surface area contributed by atoms with Crippen LogP contribution in [0.2, 0.25) is 0 Å². The van der Waals surface area contributed by atoms with Crippen molar-refractivity contribution in [3.8, 4) is 5.75 Å². The van der Waals surface area contributed by atoms with Gasteiger partial charge in [0.2, 0.25) is 0 Å². The van der Waals surface area contributed by atoms with Crippen molar-refractivity contribution in [2.24, 2.45) is 0 Å². The summed E-state index contributed by atoms with van der Waals surface area (Å²) in [6.45, 7) is -0.0378. The molecule has 3 aromatic rings. The Hall–Kier alpha value is -3.12. The fourth-order valence-electron chi connectivity index (χ4n) is 2.71. The average Bonchev–Trinajstić information content (AvgIpc) is 2.72. The van der Waals surface area contributed by atoms with Gasteiger partial charge in [-0.05, 0) is 29.3 Å². The van der Waals surface area contributed by atoms with Crippen molar-refractivity contribution < 1.29 is 27.8 Å². The highest BCUT2D eigenvalue weighted by molar-refractivity contribution is 6.00. The van der Waals surface area contributed by atoms with Gasteiger partial charge in [0.25, 0.3) is 0 Å². The van der Waals surface area contributed by atoms with Gasteiger partial charge in [-0.15, -0.1) is 0 Å². The molecule has 0 fully saturated rings. The second-order valence-corrected chi connectivity index (χ2v) is 6.16. The van der Waals surface area contributed by atoms with Crippen molar-refractivity contribution in [3.05, 3.63) is 101 Å². The van der Waals surface area contributed by atoms with Crippen LogP contribution < -0.4 is 4.74 Å². The summed E-state index contributed by atoms with van der Waals surface area (Å²) in [5.74, 6) is -1.19. The summed E-state index contributed by atoms with van der Waals surface area (Å²) < 4.78 is 45.8. The second kappa shape index (κ2) is 8.27. The molecular formula is C22H17F3O3. The van der Waals surface area contributed by atoms with Crippen LogP contribution in [0.25, 0.3) is 0 Å². The van der Waals surface area contributed by atoms with E-state index in [1.165, 1.54) is 18.2 Å². The van der Waals surface area contributed by atoms with Gasteiger partial charge in [-0.25, -0.2) is 0 Å². The first-order valence-corrected chi connectivity index (χ1v) is 8.51. The summed E-state index contributed by atoms with van der Waals surface area (Å²) in [5, 5.41) is 10.2. The van der Waals surface area contributed by atoms with E-state index in [4.69, 9.17) is 4.74 Å². The number of Topliss-reactive ketones (excluding diaryl/α,β-unsaturated/α-hetero) is 1. The Morgan fingerprint density at radius 3 is 2.14 bits per heavy atom. The number of carbonyl (C=O) groups is 1. The van der Waals surface area contributed by atoms with E-state index in [1.54, 1.807) is 48.5 Å². The zero-order valence-corrected chi connectivity index (χ0v) is 14.7. The molecule has 3 aromatic carbocycles. The van der Waals surface area contributed by atoms with Gasteiger partial charge in [-0.3, -0.25) is 4.79 Å². The molecule has 1 atom stereocenters. The minimum Gasteiger partial charge on any atom is -0.488 e. The SMILES string of the molecule is O=C(c1ccc(OCc2ccccc2)c(C(F)(F)F)c1)C(O)c1ccccc1. The molecule has 0 amide bonds. The molecule has 3 nitrogen and oxygen atoms in total. The lowest BCUT2D eigenvalue weighted by molar-refractivity contribution is -0.139. The Bertz CT molecular complexity index is 938. The summed E-state index contributed by atoms with van der Waals surface area (Å²) >= 11 is 0. The van der Waals surface area contributed by atoms with Gasteiger partial charge in [0.1, 0.15) is 18.5 Å². The average molecular weight is 386 g/mol. The number of hydrogen-bond donors (Lipinski definition) is 1. The number of carbonyl (C=O) groups excluding carboxylic acids is 1. The number of ether oxygens (including phenoxy) is 1. The summed E-state index contributed by atoms with van der Waals surface area (Å²) in [7, 11) is 0. The molecule has 0 saturated heterocycles. The van der Waals surface area contributed by atoms with Crippen molar-refractivity contribution in [1.82, 2.24) is 0 Å². The fourth-order valence-corrected chi connectivity index (χ4v) is 2.71. The summed E-state index contributed by atoms with van der Waals surface area (Å²) in [6, 6.07) is 19.9. The minimum atomic E-state index is -4.71. The van der Waals surface area contributed by atoms with Crippen molar-refractivity contribution in [2.45, 2.75) is 18.9 Å². The van der Waals surface area contributed by atoms with Crippen molar-refractivity contribution in [2.75, 3.05) is 0 Å². The smallest absolute Gasteiger partial charge is 0.419 e. The van der Waals surface area contributed by atoms with Crippen LogP contribution in [0.5, 0.6) is 5.75 Å². The largest absolute Gasteiger partial charge is 0.488 e. The zero-order chi connectivity index (χ0) is 20.1. The molecule has 1 N–H and O–H groups in total. The third-order valence-corrected chi connectivity index (χ3v) is 4.17. The van der Waals surface area contributed by atoms with E-state index in [1.807, 2.05) is 0 Å². The van der Waals surface area contributed by atoms with Crippen LogP contribution in [0, 0.1) is 0 Å². The Labute approximate surface area is 160 Å². The maximum atomic E-state index is 13.5. The van der Waals surface area contributed by atoms with E-state index in [9.17, 15) is 23.1 Å². The highest BCUT2D eigenvalue weighted by Gasteiger charge is 2.35. The van der Waals surface area contributed by atoms with E-state index >= 15 is 0 Å². The predicted molar refractivity (Wildman–Crippen MR) is 98.0 cm³/mol. The van der Waals surface area contributed by atoms with Gasteiger partial charge in [0.15, 0.2) is 5.78 Å². The first-order chi connectivity index (χ1) is 13.4. The van der Waals surface area contributed by atoms with Crippen LogP contribution in [0.3, 0.4) is 0 Å². The molecule has 0 heterocycles. The van der Waals surface area contributed by atoms with Crippen LogP contribution in [-0.4, -0.2) is 10.9 Å². The highest BCUT2D eigenvalue weighted by Crippen LogP contribution is 2.37. The van der Waals surface area contributed by atoms with E-state index in [0.29, 0.717) is 5.56 Å². The summed E-state index contributed by atoms with van der Waals surface area (Å²) in [6.07, 6.45) is -6.25. The highest BCUT2D eigenvalue weighted by atomic mass is 19.4. The zero-order valence-electron chi connectivity index (χ0n) is 14.7. The quantitative estimate of drug-likeness (QED) is 0.592. The fraction of sp³-hybridized carbons (Fsp3) is 0.136. The van der Waals surface area contributed by atoms with Crippen LogP contribution >= 0.6 is 0 Å². The molecule has 0 aliphatic carbocycles. The molecule has 0 radical (unpaired) electrons. The monoisotopic (exact) mass is 386 g/mol. The summed E-state index contributed by atoms with van der Waals surface area (Å²) in [4.78, 5) is 12.5. The molecule has 144 valence electrons. The molecule has 0 aliphatic heterocycles. The number of hydrogen-bond acceptors (Lipinski definition) is 3. The number of alkyl halides is 3. The molecule has 0 aromatic heterocycles. The van der Waals surface area contributed by atoms with Crippen LogP contribution in [0.1, 0.15) is 33.2 Å². The van der Waals surface area contributed by atoms with Gasteiger partial charge in [-0.2, -0.15) is 13.2 Å². The third-order valence-electron chi connectivity index (χ3n) is 4.17. The molecule has 3 rings (SSSR count). The minimum absolute atomic E-state index is 0.0378. The normalized spacial score (nSPS) is 12.4. The van der Waals surface area contributed by atoms with E-state index < -0.39 is 23.6 Å². The van der Waals surface area contributed by atoms with Crippen molar-refractivity contribution in [1.29, 1.82) is 0 Å². The Morgan fingerprint density at radius 1 is 0.929 bits per heavy atom. The molecular weight excluding hydrogens is 369 g/mol. The van der Waals surface area contributed by atoms with Crippen LogP contribution in [0.15, 0.2) is 78.9 Å². The number of aliphatic hydroxyl groups excluding tert-OH is 1. The molecule has 0 saturated carbocycles. The van der Waals surface area contributed by atoms with Gasteiger partial charge in [0, 0.05) is 5.56 Å². The van der Waals surface area contributed by atoms with Gasteiger partial charge >= 0.3 is 6.18 Å². The lowest BCUT2D eigenvalue weighted by Crippen LogP contribution is -2.15. The molecule has 0 spiro atoms. The molecule has 28 heavy (non-hydrogen) atoms. The first-order valence-electron chi connectivity index (χ1n) is 8.51. The van der Waals surface area contributed by atoms with Gasteiger partial charge in [-0.1, -0.05) is 60.7 Å². The van der Waals surface area contributed by atoms with Gasteiger partial charge < -0.3 is 9.84 Å². The Kier molecular flexibility index (Phi) is 5.80. The first kappa shape index (κ1) is 19.6. The standard InChI is InChI=1S/C22H17F3O3/c23-22(24,25)18-13-17(21(27)20(26)16-9-5-2-6-10-16)11-12-19(18)28-14-15-7-3-1-4-8-15/h1-13,20,26H,14H2. The lowest BCUT2D eigenvalue weighted by Gasteiger charge is -2.16. The lowest BCUT2D eigenvalue weighted by atomic mass is 9.98. The number of aliphatic hydroxyl groups is 1. The number of ketones is 1. The Morgan fingerprint density at radius 2 is 1.54 bits per heavy atom. The van der Waals surface area contributed by atoms with Crippen LogP contribution in [-0.2, 0) is 12.8 Å². The van der Waals surface area contributed by atoms with Crippen molar-refractivity contribution >= 4 is 5.78 Å². The molecule has 0 bridgehead atoms. The van der Waals surface area contributed by atoms with Crippen molar-refractivity contribution in [3.63, 3.8) is 0 Å².